The van der Waals surface area contributed by atoms with E-state index in [2.05, 4.69) is 30.6 Å². The number of ether oxygens (including phenoxy) is 1. The minimum absolute atomic E-state index is 0.0115. The van der Waals surface area contributed by atoms with Crippen LogP contribution >= 0.6 is 0 Å². The van der Waals surface area contributed by atoms with Gasteiger partial charge in [-0.25, -0.2) is 22.9 Å². The molecule has 2 fully saturated rings. The fraction of sp³-hybridized carbons (Fsp3) is 0.400. The highest BCUT2D eigenvalue weighted by Crippen LogP contribution is 2.44. The van der Waals surface area contributed by atoms with Crippen LogP contribution in [0, 0.1) is 17.6 Å². The molecule has 6 rings (SSSR count). The summed E-state index contributed by atoms with van der Waals surface area (Å²) in [4.78, 5) is 22.6. The average Bonchev–Trinajstić information content (AvgIpc) is 3.61. The number of halogens is 3. The number of nitrogens with one attached hydrogen (secondary N) is 2. The van der Waals surface area contributed by atoms with E-state index in [1.807, 2.05) is 13.0 Å². The number of anilines is 3. The Morgan fingerprint density at radius 1 is 1.12 bits per heavy atom. The number of piperidine rings is 1. The maximum absolute atomic E-state index is 15.3. The minimum atomic E-state index is -1.71. The molecular formula is C30H33F3N8O2. The average molecular weight is 595 g/mol. The molecule has 1 aliphatic carbocycles. The van der Waals surface area contributed by atoms with Gasteiger partial charge in [-0.2, -0.15) is 9.61 Å². The van der Waals surface area contributed by atoms with Gasteiger partial charge < -0.3 is 26.0 Å². The van der Waals surface area contributed by atoms with Crippen LogP contribution in [0.2, 0.25) is 0 Å². The van der Waals surface area contributed by atoms with Gasteiger partial charge in [-0.1, -0.05) is 6.92 Å². The Balaban J connectivity index is 1.28. The van der Waals surface area contributed by atoms with Gasteiger partial charge in [0.05, 0.1) is 53.7 Å². The largest absolute Gasteiger partial charge is 0.453 e. The van der Waals surface area contributed by atoms with Gasteiger partial charge in [-0.3, -0.25) is 4.98 Å². The van der Waals surface area contributed by atoms with E-state index in [9.17, 15) is 4.79 Å². The van der Waals surface area contributed by atoms with Crippen molar-refractivity contribution in [1.29, 1.82) is 0 Å². The highest BCUT2D eigenvalue weighted by Gasteiger charge is 2.37. The van der Waals surface area contributed by atoms with Crippen LogP contribution in [-0.2, 0) is 10.4 Å². The number of aromatic nitrogens is 4. The number of methoxy groups -OCH3 is 1. The van der Waals surface area contributed by atoms with Gasteiger partial charge in [0.15, 0.2) is 0 Å². The molecule has 13 heteroatoms. The SMILES string of the molecule is COC(=O)NC1C(C)CN(c2ccncc2Nc2ncc3ccc(-c4c(F)cc(C5(F)CCCC5)cc4F)nn23)CC1N. The summed E-state index contributed by atoms with van der Waals surface area (Å²) < 4.78 is 52.0. The highest BCUT2D eigenvalue weighted by atomic mass is 19.1. The summed E-state index contributed by atoms with van der Waals surface area (Å²) in [6.45, 7) is 3.05. The zero-order chi connectivity index (χ0) is 30.3. The molecule has 1 saturated heterocycles. The van der Waals surface area contributed by atoms with Crippen LogP contribution < -0.4 is 21.3 Å². The van der Waals surface area contributed by atoms with Gasteiger partial charge >= 0.3 is 6.09 Å². The number of alkyl carbamates (subject to hydrolysis) is 1. The van der Waals surface area contributed by atoms with E-state index >= 15 is 13.2 Å². The van der Waals surface area contributed by atoms with Crippen molar-refractivity contribution in [3.05, 3.63) is 66.1 Å². The second-order valence-electron chi connectivity index (χ2n) is 11.4. The van der Waals surface area contributed by atoms with Crippen LogP contribution in [-0.4, -0.2) is 58.0 Å². The number of rotatable bonds is 6. The van der Waals surface area contributed by atoms with Crippen LogP contribution in [0.15, 0.2) is 48.9 Å². The molecule has 3 atom stereocenters. The third-order valence-electron chi connectivity index (χ3n) is 8.46. The van der Waals surface area contributed by atoms with Crippen LogP contribution in [0.1, 0.15) is 38.2 Å². The lowest BCUT2D eigenvalue weighted by Crippen LogP contribution is -2.62. The van der Waals surface area contributed by atoms with Crippen molar-refractivity contribution in [1.82, 2.24) is 24.9 Å². The van der Waals surface area contributed by atoms with Crippen molar-refractivity contribution in [2.45, 2.75) is 50.4 Å². The van der Waals surface area contributed by atoms with Crippen LogP contribution in [0.5, 0.6) is 0 Å². The Kier molecular flexibility index (Phi) is 7.59. The fourth-order valence-corrected chi connectivity index (χ4v) is 6.25. The van der Waals surface area contributed by atoms with Crippen molar-refractivity contribution in [2.75, 3.05) is 30.4 Å². The summed E-state index contributed by atoms with van der Waals surface area (Å²) in [7, 11) is 1.31. The predicted octanol–water partition coefficient (Wildman–Crippen LogP) is 5.06. The van der Waals surface area contributed by atoms with E-state index < -0.39 is 23.4 Å². The summed E-state index contributed by atoms with van der Waals surface area (Å²) in [5, 5.41) is 10.6. The molecule has 4 aromatic rings. The molecule has 4 N–H and O–H groups in total. The lowest BCUT2D eigenvalue weighted by Gasteiger charge is -2.42. The Hall–Kier alpha value is -4.39. The zero-order valence-electron chi connectivity index (χ0n) is 23.9. The molecule has 1 saturated carbocycles. The number of alkyl halides is 1. The number of hydrogen-bond donors (Lipinski definition) is 3. The molecule has 1 amide bonds. The van der Waals surface area contributed by atoms with Gasteiger partial charge in [-0.05, 0) is 67.5 Å². The first kappa shape index (κ1) is 28.7. The van der Waals surface area contributed by atoms with E-state index in [4.69, 9.17) is 10.5 Å². The van der Waals surface area contributed by atoms with Crippen molar-refractivity contribution < 1.29 is 22.7 Å². The number of fused-ring (bicyclic) bond motifs is 1. The quantitative estimate of drug-likeness (QED) is 0.283. The lowest BCUT2D eigenvalue weighted by molar-refractivity contribution is 0.156. The van der Waals surface area contributed by atoms with Gasteiger partial charge in [0.2, 0.25) is 5.95 Å². The Bertz CT molecular complexity index is 1620. The van der Waals surface area contributed by atoms with Crippen LogP contribution in [0.25, 0.3) is 16.8 Å². The molecule has 0 spiro atoms. The first-order valence-electron chi connectivity index (χ1n) is 14.3. The van der Waals surface area contributed by atoms with E-state index in [1.165, 1.54) is 17.7 Å². The topological polar surface area (TPSA) is 123 Å². The molecule has 10 nitrogen and oxygen atoms in total. The molecule has 3 aromatic heterocycles. The molecule has 0 bridgehead atoms. The normalized spacial score (nSPS) is 21.6. The van der Waals surface area contributed by atoms with Crippen molar-refractivity contribution >= 4 is 28.9 Å². The molecular weight excluding hydrogens is 561 g/mol. The third kappa shape index (κ3) is 5.44. The number of hydrogen-bond acceptors (Lipinski definition) is 8. The van der Waals surface area contributed by atoms with E-state index in [0.29, 0.717) is 43.1 Å². The number of carbonyl (C=O) groups is 1. The molecule has 1 aromatic carbocycles. The van der Waals surface area contributed by atoms with Crippen molar-refractivity contribution in [3.8, 4) is 11.3 Å². The minimum Gasteiger partial charge on any atom is -0.453 e. The maximum Gasteiger partial charge on any atom is 0.407 e. The predicted molar refractivity (Wildman–Crippen MR) is 156 cm³/mol. The number of benzene rings is 1. The second kappa shape index (κ2) is 11.4. The van der Waals surface area contributed by atoms with Crippen LogP contribution in [0.3, 0.4) is 0 Å². The number of carbonyl (C=O) groups excluding carboxylic acids is 1. The van der Waals surface area contributed by atoms with Crippen LogP contribution in [0.4, 0.5) is 35.3 Å². The van der Waals surface area contributed by atoms with E-state index in [-0.39, 0.29) is 47.7 Å². The molecule has 0 radical (unpaired) electrons. The molecule has 4 heterocycles. The number of pyridine rings is 1. The standard InChI is InChI=1S/C30H33F3N8O2/c1-17-15-40(16-22(34)27(17)38-29(42)43-2)25-7-10-35-14-24(25)37-28-36-13-19-5-6-23(39-41(19)28)26-20(31)11-18(12-21(26)32)30(33)8-3-4-9-30/h5-7,10-14,17,22,27H,3-4,8-9,15-16,34H2,1-2H3,(H,36,37)(H,38,42). The molecule has 3 unspecified atom stereocenters. The summed E-state index contributed by atoms with van der Waals surface area (Å²) in [5.74, 6) is -1.43. The number of imidazole rings is 1. The third-order valence-corrected chi connectivity index (χ3v) is 8.46. The van der Waals surface area contributed by atoms with Gasteiger partial charge in [-0.15, -0.1) is 0 Å². The summed E-state index contributed by atoms with van der Waals surface area (Å²) >= 11 is 0. The second-order valence-corrected chi connectivity index (χ2v) is 11.4. The number of amides is 1. The molecule has 226 valence electrons. The summed E-state index contributed by atoms with van der Waals surface area (Å²) in [5.41, 5.74) is 6.49. The highest BCUT2D eigenvalue weighted by molar-refractivity contribution is 5.74. The summed E-state index contributed by atoms with van der Waals surface area (Å²) in [6.07, 6.45) is 6.24. The van der Waals surface area contributed by atoms with Crippen molar-refractivity contribution in [3.63, 3.8) is 0 Å². The first-order chi connectivity index (χ1) is 20.7. The zero-order valence-corrected chi connectivity index (χ0v) is 23.9. The first-order valence-corrected chi connectivity index (χ1v) is 14.3. The van der Waals surface area contributed by atoms with E-state index in [0.717, 1.165) is 17.8 Å². The Labute approximate surface area is 246 Å². The Morgan fingerprint density at radius 3 is 2.56 bits per heavy atom. The number of nitrogens with two attached hydrogens (primary N) is 1. The summed E-state index contributed by atoms with van der Waals surface area (Å²) in [6, 6.07) is 6.55. The molecule has 43 heavy (non-hydrogen) atoms. The molecule has 1 aliphatic heterocycles. The molecule has 2 aliphatic rings. The van der Waals surface area contributed by atoms with Gasteiger partial charge in [0.1, 0.15) is 17.3 Å². The maximum atomic E-state index is 15.3. The van der Waals surface area contributed by atoms with Gasteiger partial charge in [0, 0.05) is 25.3 Å². The Morgan fingerprint density at radius 2 is 1.86 bits per heavy atom. The smallest absolute Gasteiger partial charge is 0.407 e. The van der Waals surface area contributed by atoms with Gasteiger partial charge in [0.25, 0.3) is 0 Å². The lowest BCUT2D eigenvalue weighted by atomic mass is 9.90. The monoisotopic (exact) mass is 594 g/mol. The van der Waals surface area contributed by atoms with E-state index in [1.54, 1.807) is 24.7 Å². The number of nitrogens with zero attached hydrogens (tertiary/aromatic N) is 5. The van der Waals surface area contributed by atoms with Crippen molar-refractivity contribution in [2.24, 2.45) is 11.7 Å². The fourth-order valence-electron chi connectivity index (χ4n) is 6.25.